The SMILES string of the molecule is CCCCCCCN(CCCCCCC)c1nc(-c2ccc(C)cc2)c(N=C2C(C)=C(C#N)C(=O)n3nc(C(CC)CCCC)nc32)s1.CCCCCCN(CCCCCC)c1nc(-c2ccc(C)cc2)c(N=C2C(C)=C(C#N)C(=O)n3nc(C(CC)CCCC)nc32)s1.CCCCCN(CCCCC)c1nc(-c2ccc(C)cc2)c(N=C2C(C)=C(C#N)C(=O)n3nc(C(CC)CCCC)nc32)s1. The van der Waals surface area contributed by atoms with Gasteiger partial charge in [-0.1, -0.05) is 361 Å². The monoisotopic (exact) mass is 1920 g/mol. The Kier molecular flexibility index (Phi) is 44.6. The van der Waals surface area contributed by atoms with Crippen molar-refractivity contribution in [3.8, 4) is 52.0 Å². The number of aryl methyl sites for hydroxylation is 3. The highest BCUT2D eigenvalue weighted by Crippen LogP contribution is 2.46. The van der Waals surface area contributed by atoms with Gasteiger partial charge in [-0.2, -0.15) is 29.8 Å². The Hall–Kier alpha value is -10.9. The second kappa shape index (κ2) is 56.4. The average Bonchev–Trinajstić information content (AvgIpc) is 1.55. The summed E-state index contributed by atoms with van der Waals surface area (Å²) in [5.74, 6) is 2.28. The van der Waals surface area contributed by atoms with E-state index < -0.39 is 17.7 Å². The van der Waals surface area contributed by atoms with Crippen LogP contribution in [0.5, 0.6) is 0 Å². The van der Waals surface area contributed by atoms with Crippen molar-refractivity contribution in [2.45, 2.75) is 374 Å². The third-order valence-electron chi connectivity index (χ3n) is 26.5. The molecule has 12 rings (SSSR count). The molecular weight excluding hydrogens is 1770 g/mol. The van der Waals surface area contributed by atoms with Crippen LogP contribution in [0.1, 0.15) is 419 Å². The number of unbranched alkanes of at least 4 members (excludes halogenated alkanes) is 21. The van der Waals surface area contributed by atoms with E-state index >= 15 is 0 Å². The number of fused-ring (bicyclic) bond motifs is 3. The number of benzene rings is 3. The third-order valence-corrected chi connectivity index (χ3v) is 29.5. The number of hydrogen-bond acceptors (Lipinski definition) is 24. The highest BCUT2D eigenvalue weighted by molar-refractivity contribution is 7.20. The zero-order valence-corrected chi connectivity index (χ0v) is 88.6. The minimum Gasteiger partial charge on any atom is -0.348 e. The Morgan fingerprint density at radius 1 is 0.304 bits per heavy atom. The number of aromatic nitrogens is 12. The fraction of sp³-hybridized carbons (Fsp3) is 0.568. The Bertz CT molecular complexity index is 5750. The van der Waals surface area contributed by atoms with Crippen LogP contribution < -0.4 is 14.7 Å². The smallest absolute Gasteiger partial charge is 0.291 e. The maximum Gasteiger partial charge on any atom is 0.291 e. The second-order valence-electron chi connectivity index (χ2n) is 37.4. The highest BCUT2D eigenvalue weighted by atomic mass is 32.1. The molecule has 3 unspecified atom stereocenters. The average molecular weight is 1930 g/mol. The van der Waals surface area contributed by atoms with Crippen LogP contribution in [0.2, 0.25) is 0 Å². The largest absolute Gasteiger partial charge is 0.348 e. The van der Waals surface area contributed by atoms with Crippen molar-refractivity contribution < 1.29 is 14.4 Å². The standard InChI is InChI=1S/C39H55N7OS.C37H51N7OS.C35H47N7OS/c1-7-11-14-16-18-25-45(26-19-17-15-12-8-2)39-42-34(31-23-21-28(5)22-24-31)37(48-39)41-33-29(6)32(27-40)38(47)46-36(33)43-35(44-46)30(10-4)20-13-9-3;1-7-11-14-16-23-43(24-17-15-12-8-2)37-40-32(29-21-19-26(5)20-22-29)35(46-37)39-31-27(6)30(25-38)36(45)44-34(31)41-33(42-44)28(10-4)18-13-9-3;1-7-11-14-21-41(22-15-12-8-2)35-38-30(27-19-17-24(5)18-20-27)33(44-35)37-29-25(6)28(23-36)34(43)42-32(29)39-31(40-42)26(10-4)16-13-9-3/h21-24,30H,7-20,25-26H2,1-6H3;19-22,28H,7-18,23-24H2,1-6H3;17-20,26H,7-16,21-22H2,1-6H3. The van der Waals surface area contributed by atoms with Crippen LogP contribution >= 0.6 is 34.0 Å². The number of anilines is 3. The molecule has 0 aliphatic carbocycles. The summed E-state index contributed by atoms with van der Waals surface area (Å²) in [6.07, 6.45) is 40.7. The summed E-state index contributed by atoms with van der Waals surface area (Å²) >= 11 is 4.74. The summed E-state index contributed by atoms with van der Waals surface area (Å²) in [4.78, 5) is 93.6. The maximum atomic E-state index is 13.4. The second-order valence-corrected chi connectivity index (χ2v) is 40.2. The molecular formula is C111H153N21O3S3. The topological polar surface area (TPSA) is 300 Å². The molecule has 138 heavy (non-hydrogen) atoms. The predicted molar refractivity (Wildman–Crippen MR) is 571 cm³/mol. The number of carbonyl (C=O) groups is 3. The zero-order chi connectivity index (χ0) is 99.2. The van der Waals surface area contributed by atoms with Crippen LogP contribution in [0, 0.1) is 54.8 Å². The molecule has 0 radical (unpaired) electrons. The Labute approximate surface area is 835 Å². The molecule has 0 spiro atoms. The lowest BCUT2D eigenvalue weighted by atomic mass is 9.98. The van der Waals surface area contributed by atoms with Gasteiger partial charge in [0.1, 0.15) is 84.1 Å². The first-order chi connectivity index (χ1) is 67.1. The Balaban J connectivity index is 0.000000214. The van der Waals surface area contributed by atoms with Crippen LogP contribution in [0.4, 0.5) is 30.4 Å². The Morgan fingerprint density at radius 2 is 0.522 bits per heavy atom. The molecule has 738 valence electrons. The van der Waals surface area contributed by atoms with Crippen molar-refractivity contribution in [3.05, 3.63) is 158 Å². The number of allylic oxidation sites excluding steroid dienone is 6. The molecule has 24 nitrogen and oxygen atoms in total. The van der Waals surface area contributed by atoms with Crippen LogP contribution in [0.3, 0.4) is 0 Å². The van der Waals surface area contributed by atoms with Crippen LogP contribution in [-0.4, -0.2) is 133 Å². The molecule has 9 heterocycles. The van der Waals surface area contributed by atoms with Gasteiger partial charge >= 0.3 is 0 Å². The van der Waals surface area contributed by atoms with Gasteiger partial charge in [-0.15, -0.1) is 15.3 Å². The normalized spacial score (nSPS) is 14.5. The number of hydrogen-bond donors (Lipinski definition) is 0. The zero-order valence-electron chi connectivity index (χ0n) is 86.2. The number of rotatable bonds is 54. The molecule has 0 saturated heterocycles. The van der Waals surface area contributed by atoms with Crippen molar-refractivity contribution in [1.29, 1.82) is 15.8 Å². The first kappa shape index (κ1) is 109. The summed E-state index contributed by atoms with van der Waals surface area (Å²) in [6, 6.07) is 31.5. The molecule has 0 amide bonds. The van der Waals surface area contributed by atoms with E-state index in [1.807, 2.05) is 0 Å². The van der Waals surface area contributed by atoms with Crippen molar-refractivity contribution in [3.63, 3.8) is 0 Å². The van der Waals surface area contributed by atoms with E-state index in [4.69, 9.17) is 44.9 Å². The van der Waals surface area contributed by atoms with Crippen molar-refractivity contribution >= 4 is 99.3 Å². The van der Waals surface area contributed by atoms with Crippen LogP contribution in [-0.2, 0) is 0 Å². The fourth-order valence-electron chi connectivity index (χ4n) is 17.6. The Morgan fingerprint density at radius 3 is 0.746 bits per heavy atom. The van der Waals surface area contributed by atoms with Gasteiger partial charge in [0.25, 0.3) is 17.7 Å². The molecule has 3 aliphatic heterocycles. The molecule has 6 aromatic heterocycles. The fourth-order valence-corrected chi connectivity index (χ4v) is 20.6. The maximum absolute atomic E-state index is 13.4. The molecule has 9 aromatic rings. The molecule has 0 fully saturated rings. The van der Waals surface area contributed by atoms with Gasteiger partial charge in [0.05, 0.1) is 0 Å². The highest BCUT2D eigenvalue weighted by Gasteiger charge is 2.39. The molecule has 0 N–H and O–H groups in total. The van der Waals surface area contributed by atoms with E-state index in [1.54, 1.807) is 54.8 Å². The van der Waals surface area contributed by atoms with Gasteiger partial charge in [-0.3, -0.25) is 14.4 Å². The summed E-state index contributed by atoms with van der Waals surface area (Å²) in [5.41, 5.74) is 12.2. The van der Waals surface area contributed by atoms with E-state index in [-0.39, 0.29) is 34.5 Å². The van der Waals surface area contributed by atoms with Gasteiger partial charge < -0.3 is 14.7 Å². The number of thiazole rings is 3. The summed E-state index contributed by atoms with van der Waals surface area (Å²) in [6.45, 7) is 43.7. The van der Waals surface area contributed by atoms with Gasteiger partial charge in [-0.05, 0) is 119 Å². The quantitative estimate of drug-likeness (QED) is 0.0320. The molecule has 3 aliphatic rings. The van der Waals surface area contributed by atoms with E-state index in [0.717, 1.165) is 219 Å². The summed E-state index contributed by atoms with van der Waals surface area (Å²) in [5, 5.41) is 49.2. The molecule has 3 aromatic carbocycles. The molecule has 27 heteroatoms. The minimum atomic E-state index is -0.440. The van der Waals surface area contributed by atoms with E-state index in [2.05, 4.69) is 225 Å². The van der Waals surface area contributed by atoms with Gasteiger partial charge in [0, 0.05) is 90.4 Å². The van der Waals surface area contributed by atoms with Gasteiger partial charge in [0.2, 0.25) is 0 Å². The number of carbonyl (C=O) groups excluding carboxylic acids is 3. The van der Waals surface area contributed by atoms with Crippen molar-refractivity contribution in [2.75, 3.05) is 54.0 Å². The molecule has 0 saturated carbocycles. The number of aliphatic imine (C=N–C) groups is 3. The lowest BCUT2D eigenvalue weighted by Crippen LogP contribution is -2.28. The minimum absolute atomic E-state index is 0.0525. The number of nitriles is 3. The van der Waals surface area contributed by atoms with Crippen LogP contribution in [0.25, 0.3) is 33.8 Å². The van der Waals surface area contributed by atoms with Gasteiger partial charge in [0.15, 0.2) is 50.3 Å². The first-order valence-electron chi connectivity index (χ1n) is 52.2. The lowest BCUT2D eigenvalue weighted by molar-refractivity contribution is 0.0933. The lowest BCUT2D eigenvalue weighted by Gasteiger charge is -2.22. The van der Waals surface area contributed by atoms with E-state index in [9.17, 15) is 30.2 Å². The van der Waals surface area contributed by atoms with Gasteiger partial charge in [-0.25, -0.2) is 44.9 Å². The molecule has 0 bridgehead atoms. The first-order valence-corrected chi connectivity index (χ1v) is 54.7. The van der Waals surface area contributed by atoms with Crippen molar-refractivity contribution in [2.24, 2.45) is 15.0 Å². The van der Waals surface area contributed by atoms with E-state index in [0.29, 0.717) is 68.8 Å². The molecule has 3 atom stereocenters. The number of nitrogens with zero attached hydrogens (tertiary/aromatic N) is 21. The summed E-state index contributed by atoms with van der Waals surface area (Å²) < 4.78 is 3.90. The third kappa shape index (κ3) is 28.7. The van der Waals surface area contributed by atoms with E-state index in [1.165, 1.54) is 146 Å². The van der Waals surface area contributed by atoms with Crippen LogP contribution in [0.15, 0.2) is 121 Å². The predicted octanol–water partition coefficient (Wildman–Crippen LogP) is 29.9. The summed E-state index contributed by atoms with van der Waals surface area (Å²) in [7, 11) is 0. The van der Waals surface area contributed by atoms with Crippen molar-refractivity contribution in [1.82, 2.24) is 59.2 Å².